The summed E-state index contributed by atoms with van der Waals surface area (Å²) in [7, 11) is 1.63. The number of hydrogen-bond donors (Lipinski definition) is 0. The molecule has 19 heavy (non-hydrogen) atoms. The van der Waals surface area contributed by atoms with Gasteiger partial charge in [-0.15, -0.1) is 0 Å². The minimum atomic E-state index is 0.551. The zero-order chi connectivity index (χ0) is 13.8. The maximum atomic E-state index is 5.78. The second-order valence-corrected chi connectivity index (χ2v) is 4.87. The van der Waals surface area contributed by atoms with Crippen LogP contribution in [0.25, 0.3) is 0 Å². The van der Waals surface area contributed by atoms with Crippen LogP contribution in [0.2, 0.25) is 0 Å². The molecule has 0 N–H and O–H groups in total. The topological polar surface area (TPSA) is 44.2 Å². The predicted octanol–water partition coefficient (Wildman–Crippen LogP) is 3.91. The quantitative estimate of drug-likeness (QED) is 0.856. The van der Waals surface area contributed by atoms with Gasteiger partial charge in [0, 0.05) is 18.2 Å². The van der Waals surface area contributed by atoms with E-state index in [0.29, 0.717) is 11.6 Å². The van der Waals surface area contributed by atoms with Crippen molar-refractivity contribution in [1.29, 1.82) is 0 Å². The molecule has 100 valence electrons. The van der Waals surface area contributed by atoms with Crippen LogP contribution in [-0.2, 0) is 6.42 Å². The Balaban J connectivity index is 2.28. The third-order valence-corrected chi connectivity index (χ3v) is 3.17. The van der Waals surface area contributed by atoms with Crippen LogP contribution in [0.1, 0.15) is 18.4 Å². The minimum absolute atomic E-state index is 0.551. The summed E-state index contributed by atoms with van der Waals surface area (Å²) in [5.41, 5.74) is 0.895. The molecule has 0 saturated carbocycles. The summed E-state index contributed by atoms with van der Waals surface area (Å²) in [6.07, 6.45) is 0.780. The highest BCUT2D eigenvalue weighted by Gasteiger charge is 2.07. The third-order valence-electron chi connectivity index (χ3n) is 2.55. The Morgan fingerprint density at radius 1 is 1.21 bits per heavy atom. The van der Waals surface area contributed by atoms with Crippen LogP contribution in [0.15, 0.2) is 28.7 Å². The van der Waals surface area contributed by atoms with Crippen molar-refractivity contribution in [3.05, 3.63) is 40.3 Å². The van der Waals surface area contributed by atoms with Crippen molar-refractivity contribution >= 4 is 15.9 Å². The highest BCUT2D eigenvalue weighted by molar-refractivity contribution is 9.10. The molecule has 0 bridgehead atoms. The molecule has 2 rings (SSSR count). The van der Waals surface area contributed by atoms with E-state index in [4.69, 9.17) is 9.47 Å². The average molecular weight is 323 g/mol. The molecular weight excluding hydrogens is 308 g/mol. The van der Waals surface area contributed by atoms with E-state index < -0.39 is 0 Å². The third kappa shape index (κ3) is 3.44. The van der Waals surface area contributed by atoms with Gasteiger partial charge < -0.3 is 9.47 Å². The number of aryl methyl sites for hydroxylation is 2. The molecular formula is C14H15BrN2O2. The first-order valence-corrected chi connectivity index (χ1v) is 6.77. The highest BCUT2D eigenvalue weighted by Crippen LogP contribution is 2.32. The Bertz CT molecular complexity index is 588. The maximum absolute atomic E-state index is 5.78. The number of aromatic nitrogens is 2. The number of hydrogen-bond acceptors (Lipinski definition) is 4. The first-order chi connectivity index (χ1) is 9.12. The summed E-state index contributed by atoms with van der Waals surface area (Å²) in [6.45, 7) is 3.94. The first-order valence-electron chi connectivity index (χ1n) is 5.98. The molecule has 5 heteroatoms. The van der Waals surface area contributed by atoms with Crippen molar-refractivity contribution in [2.24, 2.45) is 0 Å². The molecule has 0 radical (unpaired) electrons. The fourth-order valence-corrected chi connectivity index (χ4v) is 2.05. The van der Waals surface area contributed by atoms with Crippen LogP contribution in [0.4, 0.5) is 0 Å². The predicted molar refractivity (Wildman–Crippen MR) is 76.9 cm³/mol. The number of ether oxygens (including phenoxy) is 2. The van der Waals surface area contributed by atoms with E-state index in [2.05, 4.69) is 25.9 Å². The summed E-state index contributed by atoms with van der Waals surface area (Å²) >= 11 is 3.45. The zero-order valence-electron chi connectivity index (χ0n) is 11.1. The van der Waals surface area contributed by atoms with Crippen LogP contribution >= 0.6 is 15.9 Å². The number of rotatable bonds is 4. The Labute approximate surface area is 120 Å². The lowest BCUT2D eigenvalue weighted by Gasteiger charge is -2.09. The van der Waals surface area contributed by atoms with Crippen LogP contribution < -0.4 is 9.47 Å². The fraction of sp³-hybridized carbons (Fsp3) is 0.286. The van der Waals surface area contributed by atoms with Crippen molar-refractivity contribution in [2.45, 2.75) is 20.3 Å². The molecule has 0 fully saturated rings. The SMILES string of the molecule is CCc1nc(C)cc(Oc2ccc(OC)cc2Br)n1. The number of nitrogens with zero attached hydrogens (tertiary/aromatic N) is 2. The standard InChI is InChI=1S/C14H15BrN2O2/c1-4-13-16-9(2)7-14(17-13)19-12-6-5-10(18-3)8-11(12)15/h5-8H,4H2,1-3H3. The van der Waals surface area contributed by atoms with E-state index >= 15 is 0 Å². The van der Waals surface area contributed by atoms with Crippen molar-refractivity contribution < 1.29 is 9.47 Å². The molecule has 0 aliphatic heterocycles. The lowest BCUT2D eigenvalue weighted by molar-refractivity contribution is 0.411. The summed E-state index contributed by atoms with van der Waals surface area (Å²) < 4.78 is 11.7. The zero-order valence-corrected chi connectivity index (χ0v) is 12.7. The Hall–Kier alpha value is -1.62. The van der Waals surface area contributed by atoms with Gasteiger partial charge in [-0.05, 0) is 41.1 Å². The lowest BCUT2D eigenvalue weighted by atomic mass is 10.3. The van der Waals surface area contributed by atoms with Gasteiger partial charge in [0.05, 0.1) is 11.6 Å². The molecule has 1 aromatic heterocycles. The molecule has 2 aromatic rings. The molecule has 0 saturated heterocycles. The van der Waals surface area contributed by atoms with E-state index in [-0.39, 0.29) is 0 Å². The lowest BCUT2D eigenvalue weighted by Crippen LogP contribution is -1.98. The Morgan fingerprint density at radius 2 is 2.00 bits per heavy atom. The van der Waals surface area contributed by atoms with E-state index in [0.717, 1.165) is 28.2 Å². The Kier molecular flexibility index (Phi) is 4.37. The van der Waals surface area contributed by atoms with Gasteiger partial charge >= 0.3 is 0 Å². The monoisotopic (exact) mass is 322 g/mol. The first kappa shape index (κ1) is 13.8. The molecule has 4 nitrogen and oxygen atoms in total. The Morgan fingerprint density at radius 3 is 2.63 bits per heavy atom. The summed E-state index contributed by atoms with van der Waals surface area (Å²) in [4.78, 5) is 8.67. The van der Waals surface area contributed by atoms with Gasteiger partial charge in [-0.1, -0.05) is 6.92 Å². The van der Waals surface area contributed by atoms with Crippen LogP contribution in [0, 0.1) is 6.92 Å². The smallest absolute Gasteiger partial charge is 0.222 e. The summed E-state index contributed by atoms with van der Waals surface area (Å²) in [5.74, 6) is 2.79. The van der Waals surface area contributed by atoms with Crippen molar-refractivity contribution in [3.8, 4) is 17.4 Å². The van der Waals surface area contributed by atoms with Gasteiger partial charge in [0.15, 0.2) is 0 Å². The summed E-state index contributed by atoms with van der Waals surface area (Å²) in [5, 5.41) is 0. The molecule has 0 unspecified atom stereocenters. The molecule has 0 amide bonds. The van der Waals surface area contributed by atoms with Crippen LogP contribution in [0.5, 0.6) is 17.4 Å². The second-order valence-electron chi connectivity index (χ2n) is 4.02. The average Bonchev–Trinajstić information content (AvgIpc) is 2.40. The molecule has 0 atom stereocenters. The second kappa shape index (κ2) is 6.02. The van der Waals surface area contributed by atoms with E-state index in [1.165, 1.54) is 0 Å². The van der Waals surface area contributed by atoms with Gasteiger partial charge in [-0.25, -0.2) is 4.98 Å². The normalized spacial score (nSPS) is 10.3. The van der Waals surface area contributed by atoms with Crippen LogP contribution in [-0.4, -0.2) is 17.1 Å². The summed E-state index contributed by atoms with van der Waals surface area (Å²) in [6, 6.07) is 7.35. The highest BCUT2D eigenvalue weighted by atomic mass is 79.9. The minimum Gasteiger partial charge on any atom is -0.497 e. The van der Waals surface area contributed by atoms with Crippen LogP contribution in [0.3, 0.4) is 0 Å². The maximum Gasteiger partial charge on any atom is 0.222 e. The van der Waals surface area contributed by atoms with Gasteiger partial charge in [0.25, 0.3) is 0 Å². The van der Waals surface area contributed by atoms with Crippen molar-refractivity contribution in [2.75, 3.05) is 7.11 Å². The van der Waals surface area contributed by atoms with Crippen molar-refractivity contribution in [3.63, 3.8) is 0 Å². The number of methoxy groups -OCH3 is 1. The van der Waals surface area contributed by atoms with E-state index in [9.17, 15) is 0 Å². The van der Waals surface area contributed by atoms with E-state index in [1.807, 2.05) is 38.1 Å². The molecule has 0 aliphatic rings. The van der Waals surface area contributed by atoms with Gasteiger partial charge in [-0.3, -0.25) is 0 Å². The number of halogens is 1. The molecule has 0 aliphatic carbocycles. The van der Waals surface area contributed by atoms with E-state index in [1.54, 1.807) is 7.11 Å². The van der Waals surface area contributed by atoms with Crippen molar-refractivity contribution in [1.82, 2.24) is 9.97 Å². The largest absolute Gasteiger partial charge is 0.497 e. The fourth-order valence-electron chi connectivity index (χ4n) is 1.61. The van der Waals surface area contributed by atoms with Gasteiger partial charge in [0.1, 0.15) is 17.3 Å². The molecule has 1 heterocycles. The van der Waals surface area contributed by atoms with Gasteiger partial charge in [0.2, 0.25) is 5.88 Å². The molecule has 1 aromatic carbocycles. The number of benzene rings is 1. The molecule has 0 spiro atoms. The van der Waals surface area contributed by atoms with Gasteiger partial charge in [-0.2, -0.15) is 4.98 Å².